The van der Waals surface area contributed by atoms with E-state index in [0.29, 0.717) is 11.2 Å². The molecular weight excluding hydrogens is 348 g/mol. The van der Waals surface area contributed by atoms with Crippen molar-refractivity contribution in [3.8, 4) is 23.0 Å². The van der Waals surface area contributed by atoms with E-state index in [1.807, 2.05) is 12.1 Å². The molecule has 0 fully saturated rings. The molecule has 0 saturated carbocycles. The molecule has 0 atom stereocenters. The van der Waals surface area contributed by atoms with E-state index < -0.39 is 4.92 Å². The Kier molecular flexibility index (Phi) is 3.60. The van der Waals surface area contributed by atoms with Crippen molar-refractivity contribution in [1.82, 2.24) is 19.3 Å². The second kappa shape index (κ2) is 5.96. The predicted molar refractivity (Wildman–Crippen MR) is 97.5 cm³/mol. The molecule has 4 rings (SSSR count). The van der Waals surface area contributed by atoms with Crippen LogP contribution in [0.3, 0.4) is 0 Å². The third kappa shape index (κ3) is 2.39. The van der Waals surface area contributed by atoms with Crippen LogP contribution < -0.4 is 5.56 Å². The Bertz CT molecular complexity index is 1290. The highest BCUT2D eigenvalue weighted by atomic mass is 16.6. The first-order chi connectivity index (χ1) is 13.0. The zero-order chi connectivity index (χ0) is 19.1. The van der Waals surface area contributed by atoms with Crippen molar-refractivity contribution < 1.29 is 4.92 Å². The fourth-order valence-electron chi connectivity index (χ4n) is 3.12. The Labute approximate surface area is 151 Å². The summed E-state index contributed by atoms with van der Waals surface area (Å²) in [6, 6.07) is 13.8. The van der Waals surface area contributed by atoms with Gasteiger partial charge in [0.25, 0.3) is 11.2 Å². The van der Waals surface area contributed by atoms with Crippen LogP contribution in [0.2, 0.25) is 0 Å². The van der Waals surface area contributed by atoms with Gasteiger partial charge in [0.15, 0.2) is 11.2 Å². The SMILES string of the molecule is Cn1c2cc(-c3[nH]ccc3[N+](=O)[O-])c(C#N)nc2c(=O)n1-c1ccccc1. The van der Waals surface area contributed by atoms with Crippen molar-refractivity contribution in [1.29, 1.82) is 5.26 Å². The number of nitro groups is 1. The van der Waals surface area contributed by atoms with E-state index in [0.717, 1.165) is 0 Å². The smallest absolute Gasteiger partial charge is 0.297 e. The highest BCUT2D eigenvalue weighted by molar-refractivity contribution is 5.85. The van der Waals surface area contributed by atoms with Gasteiger partial charge in [-0.1, -0.05) is 18.2 Å². The summed E-state index contributed by atoms with van der Waals surface area (Å²) >= 11 is 0. The number of aromatic amines is 1. The van der Waals surface area contributed by atoms with Crippen molar-refractivity contribution in [3.63, 3.8) is 0 Å². The van der Waals surface area contributed by atoms with Crippen molar-refractivity contribution in [2.45, 2.75) is 0 Å². The highest BCUT2D eigenvalue weighted by Crippen LogP contribution is 2.31. The summed E-state index contributed by atoms with van der Waals surface area (Å²) in [5.74, 6) is 0. The highest BCUT2D eigenvalue weighted by Gasteiger charge is 2.23. The quantitative estimate of drug-likeness (QED) is 0.444. The van der Waals surface area contributed by atoms with Gasteiger partial charge in [-0.2, -0.15) is 5.26 Å². The Morgan fingerprint density at radius 1 is 1.26 bits per heavy atom. The lowest BCUT2D eigenvalue weighted by Crippen LogP contribution is -2.19. The summed E-state index contributed by atoms with van der Waals surface area (Å²) in [5.41, 5.74) is 1.07. The van der Waals surface area contributed by atoms with E-state index in [2.05, 4.69) is 9.97 Å². The van der Waals surface area contributed by atoms with Crippen LogP contribution in [-0.2, 0) is 7.05 Å². The molecule has 4 aromatic rings. The number of nitrogens with zero attached hydrogens (tertiary/aromatic N) is 5. The van der Waals surface area contributed by atoms with E-state index in [1.54, 1.807) is 42.1 Å². The van der Waals surface area contributed by atoms with Gasteiger partial charge in [-0.25, -0.2) is 9.67 Å². The number of hydrogen-bond acceptors (Lipinski definition) is 5. The number of aromatic nitrogens is 4. The van der Waals surface area contributed by atoms with Crippen molar-refractivity contribution in [2.24, 2.45) is 7.05 Å². The van der Waals surface area contributed by atoms with E-state index in [1.165, 1.54) is 16.9 Å². The molecule has 0 radical (unpaired) electrons. The summed E-state index contributed by atoms with van der Waals surface area (Å²) in [6.07, 6.45) is 1.42. The van der Waals surface area contributed by atoms with Crippen molar-refractivity contribution >= 4 is 16.7 Å². The van der Waals surface area contributed by atoms with Crippen LogP contribution in [0, 0.1) is 21.4 Å². The molecule has 9 nitrogen and oxygen atoms in total. The first-order valence-corrected chi connectivity index (χ1v) is 7.93. The van der Waals surface area contributed by atoms with Gasteiger partial charge >= 0.3 is 0 Å². The Morgan fingerprint density at radius 2 is 2.00 bits per heavy atom. The van der Waals surface area contributed by atoms with E-state index in [4.69, 9.17) is 0 Å². The fraction of sp³-hybridized carbons (Fsp3) is 0.0556. The number of para-hydroxylation sites is 1. The number of rotatable bonds is 3. The van der Waals surface area contributed by atoms with E-state index >= 15 is 0 Å². The molecule has 0 aliphatic heterocycles. The van der Waals surface area contributed by atoms with Gasteiger partial charge in [-0.3, -0.25) is 19.6 Å². The predicted octanol–water partition coefficient (Wildman–Crippen LogP) is 2.50. The second-order valence-electron chi connectivity index (χ2n) is 5.84. The van der Waals surface area contributed by atoms with E-state index in [-0.39, 0.29) is 33.7 Å². The van der Waals surface area contributed by atoms with Crippen LogP contribution in [0.25, 0.3) is 28.0 Å². The van der Waals surface area contributed by atoms with Crippen LogP contribution in [0.1, 0.15) is 5.69 Å². The number of benzene rings is 1. The number of nitrogens with one attached hydrogen (secondary N) is 1. The number of pyridine rings is 1. The van der Waals surface area contributed by atoms with Gasteiger partial charge in [0.1, 0.15) is 11.8 Å². The first-order valence-electron chi connectivity index (χ1n) is 7.93. The normalized spacial score (nSPS) is 10.8. The van der Waals surface area contributed by atoms with Gasteiger partial charge in [-0.15, -0.1) is 0 Å². The molecule has 132 valence electrons. The topological polar surface area (TPSA) is 123 Å². The largest absolute Gasteiger partial charge is 0.355 e. The molecule has 0 amide bonds. The molecule has 1 N–H and O–H groups in total. The maximum absolute atomic E-state index is 12.8. The molecule has 3 heterocycles. The minimum atomic E-state index is -0.536. The molecule has 0 aliphatic carbocycles. The van der Waals surface area contributed by atoms with Crippen LogP contribution in [0.4, 0.5) is 5.69 Å². The molecule has 0 saturated heterocycles. The Balaban J connectivity index is 2.06. The number of nitriles is 1. The van der Waals surface area contributed by atoms with Gasteiger partial charge in [0, 0.05) is 24.9 Å². The molecule has 1 aromatic carbocycles. The molecule has 3 aromatic heterocycles. The average molecular weight is 360 g/mol. The van der Waals surface area contributed by atoms with Gasteiger partial charge < -0.3 is 4.98 Å². The summed E-state index contributed by atoms with van der Waals surface area (Å²) in [5, 5.41) is 20.7. The molecule has 0 bridgehead atoms. The number of H-pyrrole nitrogens is 1. The molecule has 9 heteroatoms. The summed E-state index contributed by atoms with van der Waals surface area (Å²) in [4.78, 5) is 30.5. The van der Waals surface area contributed by atoms with Gasteiger partial charge in [0.05, 0.1) is 16.1 Å². The van der Waals surface area contributed by atoms with Crippen LogP contribution in [0.15, 0.2) is 53.5 Å². The van der Waals surface area contributed by atoms with Gasteiger partial charge in [-0.05, 0) is 18.2 Å². The molecule has 0 aliphatic rings. The number of fused-ring (bicyclic) bond motifs is 1. The average Bonchev–Trinajstić information content (AvgIpc) is 3.25. The molecule has 0 unspecified atom stereocenters. The van der Waals surface area contributed by atoms with Crippen molar-refractivity contribution in [3.05, 3.63) is 74.8 Å². The zero-order valence-corrected chi connectivity index (χ0v) is 14.1. The number of aryl methyl sites for hydroxylation is 1. The monoisotopic (exact) mass is 360 g/mol. The zero-order valence-electron chi connectivity index (χ0n) is 14.1. The Hall–Kier alpha value is -4.19. The molecule has 0 spiro atoms. The first kappa shape index (κ1) is 16.3. The van der Waals surface area contributed by atoms with Crippen molar-refractivity contribution in [2.75, 3.05) is 0 Å². The lowest BCUT2D eigenvalue weighted by molar-refractivity contribution is -0.384. The lowest BCUT2D eigenvalue weighted by atomic mass is 10.1. The van der Waals surface area contributed by atoms with E-state index in [9.17, 15) is 20.2 Å². The molecule has 27 heavy (non-hydrogen) atoms. The Morgan fingerprint density at radius 3 is 2.67 bits per heavy atom. The molecular formula is C18H12N6O3. The van der Waals surface area contributed by atoms with Crippen LogP contribution >= 0.6 is 0 Å². The third-order valence-corrected chi connectivity index (χ3v) is 4.34. The summed E-state index contributed by atoms with van der Waals surface area (Å²) in [7, 11) is 1.69. The second-order valence-corrected chi connectivity index (χ2v) is 5.84. The van der Waals surface area contributed by atoms with Gasteiger partial charge in [0.2, 0.25) is 0 Å². The maximum Gasteiger partial charge on any atom is 0.297 e. The fourth-order valence-corrected chi connectivity index (χ4v) is 3.12. The summed E-state index contributed by atoms with van der Waals surface area (Å²) in [6.45, 7) is 0. The minimum Gasteiger partial charge on any atom is -0.355 e. The number of hydrogen-bond donors (Lipinski definition) is 1. The van der Waals surface area contributed by atoms with Crippen LogP contribution in [0.5, 0.6) is 0 Å². The lowest BCUT2D eigenvalue weighted by Gasteiger charge is -2.07. The third-order valence-electron chi connectivity index (χ3n) is 4.34. The standard InChI is InChI=1S/C18H12N6O3/c1-22-15-9-12(16-14(24(26)27)7-8-20-16)13(10-19)21-17(15)18(25)23(22)11-5-3-2-4-6-11/h2-9,20H,1H3. The maximum atomic E-state index is 12.8. The minimum absolute atomic E-state index is 0.0593. The summed E-state index contributed by atoms with van der Waals surface area (Å²) < 4.78 is 3.05. The van der Waals surface area contributed by atoms with Crippen LogP contribution in [-0.4, -0.2) is 24.3 Å².